The van der Waals surface area contributed by atoms with Crippen molar-refractivity contribution in [1.82, 2.24) is 19.1 Å². The maximum absolute atomic E-state index is 11.1. The highest BCUT2D eigenvalue weighted by molar-refractivity contribution is 5.59. The maximum Gasteiger partial charge on any atom is 0.511 e. The summed E-state index contributed by atoms with van der Waals surface area (Å²) in [6.07, 6.45) is 8.92. The smallest absolute Gasteiger partial charge is 0.412 e. The van der Waals surface area contributed by atoms with Crippen LogP contribution in [0.5, 0.6) is 0 Å². The Kier molecular flexibility index (Phi) is 3.17. The average molecular weight is 222 g/mol. The lowest BCUT2D eigenvalue weighted by atomic mass is 10.9. The summed E-state index contributed by atoms with van der Waals surface area (Å²) in [6, 6.07) is 0. The van der Waals surface area contributed by atoms with Gasteiger partial charge in [-0.3, -0.25) is 0 Å². The monoisotopic (exact) mass is 222 g/mol. The molecule has 0 amide bonds. The predicted octanol–water partition coefficient (Wildman–Crippen LogP) is 0.848. The molecule has 0 aliphatic rings. The molecule has 0 spiro atoms. The van der Waals surface area contributed by atoms with Crippen LogP contribution in [0.1, 0.15) is 0 Å². The summed E-state index contributed by atoms with van der Waals surface area (Å²) >= 11 is 0. The Bertz CT molecular complexity index is 383. The minimum absolute atomic E-state index is 0.0861. The molecule has 0 fully saturated rings. The van der Waals surface area contributed by atoms with Crippen LogP contribution in [0.3, 0.4) is 0 Å². The zero-order valence-corrected chi connectivity index (χ0v) is 8.39. The first-order chi connectivity index (χ1) is 7.84. The van der Waals surface area contributed by atoms with E-state index >= 15 is 0 Å². The summed E-state index contributed by atoms with van der Waals surface area (Å²) in [5, 5.41) is 0. The molecule has 7 nitrogen and oxygen atoms in total. The van der Waals surface area contributed by atoms with Crippen molar-refractivity contribution >= 4 is 6.16 Å². The minimum Gasteiger partial charge on any atom is -0.412 e. The summed E-state index contributed by atoms with van der Waals surface area (Å²) in [5.41, 5.74) is 0. The van der Waals surface area contributed by atoms with E-state index in [-0.39, 0.29) is 13.5 Å². The molecular formula is C9H10N4O3. The zero-order valence-electron chi connectivity index (χ0n) is 8.39. The maximum atomic E-state index is 11.1. The van der Waals surface area contributed by atoms with Crippen LogP contribution in [0.25, 0.3) is 0 Å². The second-order valence-corrected chi connectivity index (χ2v) is 2.95. The number of carbonyl (C=O) groups excluding carboxylic acids is 1. The molecule has 0 N–H and O–H groups in total. The van der Waals surface area contributed by atoms with E-state index in [4.69, 9.17) is 9.47 Å². The molecule has 84 valence electrons. The van der Waals surface area contributed by atoms with E-state index in [1.807, 2.05) is 0 Å². The van der Waals surface area contributed by atoms with Gasteiger partial charge >= 0.3 is 6.16 Å². The van der Waals surface area contributed by atoms with Crippen molar-refractivity contribution in [1.29, 1.82) is 0 Å². The Hall–Kier alpha value is -2.31. The standard InChI is InChI=1S/C9H10N4O3/c14-9(15-7-12-3-1-10-5-12)16-8-13-4-2-11-6-13/h1-6H,7-8H2. The van der Waals surface area contributed by atoms with Gasteiger partial charge in [0.1, 0.15) is 0 Å². The van der Waals surface area contributed by atoms with Crippen LogP contribution in [-0.2, 0) is 22.9 Å². The first kappa shape index (κ1) is 10.2. The summed E-state index contributed by atoms with van der Waals surface area (Å²) < 4.78 is 12.8. The molecule has 0 aromatic carbocycles. The van der Waals surface area contributed by atoms with Crippen molar-refractivity contribution < 1.29 is 14.3 Å². The fourth-order valence-electron chi connectivity index (χ4n) is 1.02. The lowest BCUT2D eigenvalue weighted by molar-refractivity contribution is 0.0153. The fraction of sp³-hybridized carbons (Fsp3) is 0.222. The van der Waals surface area contributed by atoms with Gasteiger partial charge in [0, 0.05) is 24.8 Å². The van der Waals surface area contributed by atoms with Crippen LogP contribution >= 0.6 is 0 Å². The molecule has 0 radical (unpaired) electrons. The Labute approximate surface area is 91.2 Å². The highest BCUT2D eigenvalue weighted by Gasteiger charge is 2.03. The second kappa shape index (κ2) is 4.96. The Morgan fingerprint density at radius 3 is 1.88 bits per heavy atom. The van der Waals surface area contributed by atoms with E-state index in [9.17, 15) is 4.79 Å². The molecule has 0 saturated heterocycles. The van der Waals surface area contributed by atoms with Gasteiger partial charge in [0.25, 0.3) is 0 Å². The quantitative estimate of drug-likeness (QED) is 0.717. The van der Waals surface area contributed by atoms with Crippen molar-refractivity contribution in [3.8, 4) is 0 Å². The van der Waals surface area contributed by atoms with Gasteiger partial charge < -0.3 is 18.6 Å². The number of rotatable bonds is 4. The number of nitrogens with zero attached hydrogens (tertiary/aromatic N) is 4. The van der Waals surface area contributed by atoms with Gasteiger partial charge in [-0.05, 0) is 0 Å². The summed E-state index contributed by atoms with van der Waals surface area (Å²) in [4.78, 5) is 18.7. The third-order valence-electron chi connectivity index (χ3n) is 1.78. The third-order valence-corrected chi connectivity index (χ3v) is 1.78. The van der Waals surface area contributed by atoms with Gasteiger partial charge in [-0.25, -0.2) is 14.8 Å². The number of aromatic nitrogens is 4. The number of carbonyl (C=O) groups is 1. The summed E-state index contributed by atoms with van der Waals surface area (Å²) in [5.74, 6) is 0. The van der Waals surface area contributed by atoms with E-state index in [0.29, 0.717) is 0 Å². The second-order valence-electron chi connectivity index (χ2n) is 2.95. The van der Waals surface area contributed by atoms with Crippen molar-refractivity contribution in [3.05, 3.63) is 37.4 Å². The van der Waals surface area contributed by atoms with E-state index in [0.717, 1.165) is 0 Å². The molecule has 0 aliphatic carbocycles. The predicted molar refractivity (Wildman–Crippen MR) is 52.0 cm³/mol. The van der Waals surface area contributed by atoms with Crippen LogP contribution < -0.4 is 0 Å². The molecular weight excluding hydrogens is 212 g/mol. The van der Waals surface area contributed by atoms with Crippen LogP contribution in [0.2, 0.25) is 0 Å². The lowest BCUT2D eigenvalue weighted by Gasteiger charge is -2.06. The molecule has 0 atom stereocenters. The molecule has 2 rings (SSSR count). The molecule has 2 aromatic heterocycles. The first-order valence-corrected chi connectivity index (χ1v) is 4.55. The number of ether oxygens (including phenoxy) is 2. The van der Waals surface area contributed by atoms with E-state index < -0.39 is 6.16 Å². The minimum atomic E-state index is -0.734. The number of hydrogen-bond acceptors (Lipinski definition) is 5. The molecule has 0 saturated carbocycles. The zero-order chi connectivity index (χ0) is 11.2. The van der Waals surface area contributed by atoms with Gasteiger partial charge in [-0.1, -0.05) is 0 Å². The number of imidazole rings is 2. The Morgan fingerprint density at radius 1 is 1.00 bits per heavy atom. The molecule has 7 heteroatoms. The van der Waals surface area contributed by atoms with Crippen LogP contribution in [0.15, 0.2) is 37.4 Å². The topological polar surface area (TPSA) is 71.2 Å². The highest BCUT2D eigenvalue weighted by atomic mass is 16.7. The van der Waals surface area contributed by atoms with Gasteiger partial charge in [0.05, 0.1) is 12.7 Å². The molecule has 0 unspecified atom stereocenters. The van der Waals surface area contributed by atoms with E-state index in [2.05, 4.69) is 9.97 Å². The van der Waals surface area contributed by atoms with Crippen LogP contribution in [0, 0.1) is 0 Å². The lowest BCUT2D eigenvalue weighted by Crippen LogP contribution is -2.12. The van der Waals surface area contributed by atoms with Crippen LogP contribution in [-0.4, -0.2) is 25.3 Å². The van der Waals surface area contributed by atoms with Crippen molar-refractivity contribution in [2.24, 2.45) is 0 Å². The summed E-state index contributed by atoms with van der Waals surface area (Å²) in [6.45, 7) is 0.172. The molecule has 16 heavy (non-hydrogen) atoms. The van der Waals surface area contributed by atoms with Gasteiger partial charge in [-0.15, -0.1) is 0 Å². The summed E-state index contributed by atoms with van der Waals surface area (Å²) in [7, 11) is 0. The SMILES string of the molecule is O=C(OCn1ccnc1)OCn1ccnc1. The highest BCUT2D eigenvalue weighted by Crippen LogP contribution is 1.94. The van der Waals surface area contributed by atoms with Gasteiger partial charge in [0.15, 0.2) is 13.5 Å². The molecule has 2 aromatic rings. The normalized spacial score (nSPS) is 10.0. The Morgan fingerprint density at radius 2 is 1.50 bits per heavy atom. The van der Waals surface area contributed by atoms with E-state index in [1.165, 1.54) is 0 Å². The van der Waals surface area contributed by atoms with Crippen molar-refractivity contribution in [2.45, 2.75) is 13.5 Å². The van der Waals surface area contributed by atoms with Crippen molar-refractivity contribution in [2.75, 3.05) is 0 Å². The Balaban J connectivity index is 1.69. The molecule has 2 heterocycles. The first-order valence-electron chi connectivity index (χ1n) is 4.55. The molecule has 0 bridgehead atoms. The number of hydrogen-bond donors (Lipinski definition) is 0. The van der Waals surface area contributed by atoms with Gasteiger partial charge in [0.2, 0.25) is 0 Å². The average Bonchev–Trinajstić information content (AvgIpc) is 2.96. The van der Waals surface area contributed by atoms with Crippen molar-refractivity contribution in [3.63, 3.8) is 0 Å². The fourth-order valence-corrected chi connectivity index (χ4v) is 1.02. The molecule has 0 aliphatic heterocycles. The largest absolute Gasteiger partial charge is 0.511 e. The van der Waals surface area contributed by atoms with Crippen LogP contribution in [0.4, 0.5) is 4.79 Å². The third kappa shape index (κ3) is 2.84. The van der Waals surface area contributed by atoms with Gasteiger partial charge in [-0.2, -0.15) is 0 Å². The van der Waals surface area contributed by atoms with E-state index in [1.54, 1.807) is 46.6 Å².